The highest BCUT2D eigenvalue weighted by atomic mass is 15.1. The lowest BCUT2D eigenvalue weighted by Crippen LogP contribution is -2.25. The molecule has 0 N–H and O–H groups in total. The summed E-state index contributed by atoms with van der Waals surface area (Å²) in [5.41, 5.74) is 22.0. The zero-order valence-electron chi connectivity index (χ0n) is 34.5. The average molecular weight is 801 g/mol. The Morgan fingerprint density at radius 1 is 0.286 bits per heavy atom. The van der Waals surface area contributed by atoms with E-state index in [0.29, 0.717) is 0 Å². The second-order valence-corrected chi connectivity index (χ2v) is 16.8. The predicted octanol–water partition coefficient (Wildman–Crippen LogP) is 15.9. The van der Waals surface area contributed by atoms with Crippen LogP contribution in [0, 0.1) is 0 Å². The number of hydrogen-bond donors (Lipinski definition) is 0. The summed E-state index contributed by atoms with van der Waals surface area (Å²) in [4.78, 5) is 2.36. The Hall–Kier alpha value is -8.20. The second kappa shape index (κ2) is 13.9. The molecule has 0 atom stereocenters. The van der Waals surface area contributed by atoms with E-state index < -0.39 is 0 Å². The summed E-state index contributed by atoms with van der Waals surface area (Å²) in [5.74, 6) is 0. The van der Waals surface area contributed by atoms with Crippen LogP contribution in [0.15, 0.2) is 243 Å². The normalized spacial score (nSPS) is 12.9. The van der Waals surface area contributed by atoms with Crippen molar-refractivity contribution in [3.63, 3.8) is 0 Å². The van der Waals surface area contributed by atoms with Crippen molar-refractivity contribution < 1.29 is 0 Å². The molecule has 11 aromatic rings. The van der Waals surface area contributed by atoms with Crippen molar-refractivity contribution in [3.8, 4) is 50.2 Å². The van der Waals surface area contributed by atoms with Crippen molar-refractivity contribution in [1.29, 1.82) is 0 Å². The Morgan fingerprint density at radius 2 is 0.698 bits per heavy atom. The van der Waals surface area contributed by atoms with Gasteiger partial charge in [0.05, 0.1) is 16.4 Å². The highest BCUT2D eigenvalue weighted by Crippen LogP contribution is 2.63. The highest BCUT2D eigenvalue weighted by molar-refractivity contribution is 6.12. The van der Waals surface area contributed by atoms with E-state index in [0.717, 1.165) is 22.7 Å². The number of hydrogen-bond acceptors (Lipinski definition) is 1. The van der Waals surface area contributed by atoms with Crippen molar-refractivity contribution in [2.75, 3.05) is 4.90 Å². The summed E-state index contributed by atoms with van der Waals surface area (Å²) in [6.45, 7) is 0. The topological polar surface area (TPSA) is 8.17 Å². The zero-order chi connectivity index (χ0) is 41.5. The molecule has 1 aromatic heterocycles. The maximum Gasteiger partial charge on any atom is 0.0725 e. The van der Waals surface area contributed by atoms with Gasteiger partial charge < -0.3 is 9.47 Å². The van der Waals surface area contributed by atoms with Gasteiger partial charge >= 0.3 is 0 Å². The van der Waals surface area contributed by atoms with Crippen LogP contribution >= 0.6 is 0 Å². The molecule has 0 saturated carbocycles. The predicted molar refractivity (Wildman–Crippen MR) is 263 cm³/mol. The first-order valence-corrected chi connectivity index (χ1v) is 21.8. The van der Waals surface area contributed by atoms with Crippen molar-refractivity contribution in [1.82, 2.24) is 4.57 Å². The molecule has 0 amide bonds. The van der Waals surface area contributed by atoms with E-state index in [1.54, 1.807) is 0 Å². The SMILES string of the molecule is c1ccc(-c2ccc(N(c3ccc(-c4ccccc4)cc3)c3ccc(-n4c5ccccc5c5cc6c(cc54)-c4ccccc4C64c5ccccc5-c5ccccc54)cc3)cc2)cc1. The van der Waals surface area contributed by atoms with Gasteiger partial charge in [-0.3, -0.25) is 0 Å². The molecular formula is C61H40N2. The van der Waals surface area contributed by atoms with Gasteiger partial charge in [-0.15, -0.1) is 0 Å². The zero-order valence-corrected chi connectivity index (χ0v) is 34.5. The third kappa shape index (κ3) is 5.25. The van der Waals surface area contributed by atoms with Gasteiger partial charge in [-0.1, -0.05) is 176 Å². The Morgan fingerprint density at radius 3 is 1.22 bits per heavy atom. The molecule has 0 saturated heterocycles. The van der Waals surface area contributed by atoms with Crippen molar-refractivity contribution in [3.05, 3.63) is 265 Å². The molecule has 2 heteroatoms. The van der Waals surface area contributed by atoms with Gasteiger partial charge in [0, 0.05) is 33.5 Å². The molecule has 2 aliphatic rings. The third-order valence-electron chi connectivity index (χ3n) is 13.6. The van der Waals surface area contributed by atoms with Crippen LogP contribution in [0.4, 0.5) is 17.1 Å². The smallest absolute Gasteiger partial charge is 0.0725 e. The van der Waals surface area contributed by atoms with E-state index in [1.807, 2.05) is 0 Å². The maximum atomic E-state index is 2.52. The first kappa shape index (κ1) is 35.5. The number of fused-ring (bicyclic) bond motifs is 13. The number of anilines is 3. The molecule has 0 bridgehead atoms. The molecule has 2 nitrogen and oxygen atoms in total. The van der Waals surface area contributed by atoms with Crippen molar-refractivity contribution in [2.45, 2.75) is 5.41 Å². The van der Waals surface area contributed by atoms with E-state index in [-0.39, 0.29) is 5.41 Å². The van der Waals surface area contributed by atoms with Gasteiger partial charge in [0.2, 0.25) is 0 Å². The summed E-state index contributed by atoms with van der Waals surface area (Å²) in [6.07, 6.45) is 0. The lowest BCUT2D eigenvalue weighted by molar-refractivity contribution is 0.795. The minimum atomic E-state index is -0.389. The lowest BCUT2D eigenvalue weighted by Gasteiger charge is -2.30. The maximum absolute atomic E-state index is 2.52. The molecule has 0 radical (unpaired) electrons. The number of benzene rings is 10. The Balaban J connectivity index is 0.968. The van der Waals surface area contributed by atoms with Crippen LogP contribution in [0.1, 0.15) is 22.3 Å². The third-order valence-corrected chi connectivity index (χ3v) is 13.6. The first-order valence-electron chi connectivity index (χ1n) is 21.8. The van der Waals surface area contributed by atoms with Crippen molar-refractivity contribution >= 4 is 38.9 Å². The molecule has 2 aliphatic carbocycles. The van der Waals surface area contributed by atoms with Gasteiger partial charge in [0.25, 0.3) is 0 Å². The average Bonchev–Trinajstić information content (AvgIpc) is 3.96. The fourth-order valence-electron chi connectivity index (χ4n) is 10.9. The fourth-order valence-corrected chi connectivity index (χ4v) is 10.9. The van der Waals surface area contributed by atoms with Gasteiger partial charge in [0.15, 0.2) is 0 Å². The number of para-hydroxylation sites is 1. The largest absolute Gasteiger partial charge is 0.311 e. The van der Waals surface area contributed by atoms with Crippen LogP contribution in [0.25, 0.3) is 72.0 Å². The summed E-state index contributed by atoms with van der Waals surface area (Å²) >= 11 is 0. The van der Waals surface area contributed by atoms with Gasteiger partial charge in [-0.2, -0.15) is 0 Å². The molecule has 0 fully saturated rings. The van der Waals surface area contributed by atoms with E-state index in [9.17, 15) is 0 Å². The fraction of sp³-hybridized carbons (Fsp3) is 0.0164. The van der Waals surface area contributed by atoms with E-state index in [2.05, 4.69) is 252 Å². The molecule has 0 aliphatic heterocycles. The summed E-state index contributed by atoms with van der Waals surface area (Å²) in [6, 6.07) is 89.3. The molecule has 0 unspecified atom stereocenters. The van der Waals surface area contributed by atoms with E-state index >= 15 is 0 Å². The summed E-state index contributed by atoms with van der Waals surface area (Å²) in [7, 11) is 0. The summed E-state index contributed by atoms with van der Waals surface area (Å²) in [5, 5.41) is 2.52. The van der Waals surface area contributed by atoms with Crippen LogP contribution in [0.5, 0.6) is 0 Å². The highest BCUT2D eigenvalue weighted by Gasteiger charge is 2.51. The van der Waals surface area contributed by atoms with Gasteiger partial charge in [0.1, 0.15) is 0 Å². The van der Waals surface area contributed by atoms with Crippen LogP contribution < -0.4 is 4.90 Å². The number of nitrogens with zero attached hydrogens (tertiary/aromatic N) is 2. The monoisotopic (exact) mass is 800 g/mol. The lowest BCUT2D eigenvalue weighted by atomic mass is 9.70. The molecule has 10 aromatic carbocycles. The van der Waals surface area contributed by atoms with Crippen LogP contribution in [0.3, 0.4) is 0 Å². The number of rotatable bonds is 6. The number of aromatic nitrogens is 1. The molecule has 1 spiro atoms. The minimum Gasteiger partial charge on any atom is -0.311 e. The second-order valence-electron chi connectivity index (χ2n) is 16.8. The molecule has 13 rings (SSSR count). The van der Waals surface area contributed by atoms with E-state index in [4.69, 9.17) is 0 Å². The first-order chi connectivity index (χ1) is 31.3. The standard InChI is InChI=1S/C61H40N2/c1-3-15-41(16-4-1)43-27-31-45(32-28-43)62(46-33-29-44(30-34-46)42-17-5-2-6-18-42)47-35-37-48(38-36-47)63-59-26-14-10-22-52(59)54-39-58-53(40-60(54)63)51-21-9-13-25-57(51)61(58)55-23-11-7-19-49(55)50-20-8-12-24-56(50)61/h1-40H. The van der Waals surface area contributed by atoms with Crippen LogP contribution in [-0.2, 0) is 5.41 Å². The summed E-state index contributed by atoms with van der Waals surface area (Å²) < 4.78 is 2.46. The van der Waals surface area contributed by atoms with Crippen LogP contribution in [0.2, 0.25) is 0 Å². The molecule has 294 valence electrons. The molecular weight excluding hydrogens is 761 g/mol. The van der Waals surface area contributed by atoms with Crippen molar-refractivity contribution in [2.24, 2.45) is 0 Å². The van der Waals surface area contributed by atoms with Gasteiger partial charge in [-0.25, -0.2) is 0 Å². The molecule has 1 heterocycles. The Bertz CT molecular complexity index is 3400. The Labute approximate surface area is 367 Å². The van der Waals surface area contributed by atoms with Crippen LogP contribution in [-0.4, -0.2) is 4.57 Å². The molecule has 63 heavy (non-hydrogen) atoms. The van der Waals surface area contributed by atoms with E-state index in [1.165, 1.54) is 88.6 Å². The minimum absolute atomic E-state index is 0.389. The quantitative estimate of drug-likeness (QED) is 0.163. The van der Waals surface area contributed by atoms with Gasteiger partial charge in [-0.05, 0) is 133 Å². The Kier molecular flexibility index (Phi) is 7.85.